The van der Waals surface area contributed by atoms with E-state index in [1.165, 1.54) is 5.56 Å². The van der Waals surface area contributed by atoms with Crippen LogP contribution in [0.1, 0.15) is 37.6 Å². The van der Waals surface area contributed by atoms with Crippen molar-refractivity contribution in [2.75, 3.05) is 18.0 Å². The van der Waals surface area contributed by atoms with Crippen molar-refractivity contribution in [1.29, 1.82) is 0 Å². The van der Waals surface area contributed by atoms with Crippen LogP contribution in [0.3, 0.4) is 0 Å². The molecule has 150 valence electrons. The number of aromatic nitrogens is 3. The third-order valence-electron chi connectivity index (χ3n) is 5.18. The van der Waals surface area contributed by atoms with Crippen molar-refractivity contribution in [3.63, 3.8) is 0 Å². The highest BCUT2D eigenvalue weighted by Crippen LogP contribution is 2.25. The van der Waals surface area contributed by atoms with Gasteiger partial charge in [0.25, 0.3) is 0 Å². The minimum absolute atomic E-state index is 0.00379. The number of H-pyrrole nitrogens is 1. The van der Waals surface area contributed by atoms with Gasteiger partial charge in [-0.25, -0.2) is 0 Å². The molecule has 0 bridgehead atoms. The van der Waals surface area contributed by atoms with E-state index < -0.39 is 0 Å². The fraction of sp³-hybridized carbons (Fsp3) is 0.500. The van der Waals surface area contributed by atoms with E-state index in [1.807, 2.05) is 19.2 Å². The predicted molar refractivity (Wildman–Crippen MR) is 111 cm³/mol. The second kappa shape index (κ2) is 9.14. The van der Waals surface area contributed by atoms with Gasteiger partial charge in [-0.3, -0.25) is 14.7 Å². The lowest BCUT2D eigenvalue weighted by atomic mass is 10.1. The number of unbranched alkanes of at least 4 members (excludes halogenated alkanes) is 1. The molecule has 2 heterocycles. The fourth-order valence-electron chi connectivity index (χ4n) is 3.40. The van der Waals surface area contributed by atoms with E-state index in [9.17, 15) is 9.59 Å². The molecule has 1 saturated heterocycles. The molecular formula is C20H27N5O2S. The molecule has 3 rings (SSSR count). The van der Waals surface area contributed by atoms with E-state index in [1.54, 1.807) is 9.47 Å². The topological polar surface area (TPSA) is 83.0 Å². The minimum atomic E-state index is -0.324. The molecule has 0 aliphatic carbocycles. The Labute approximate surface area is 170 Å². The fourth-order valence-corrected chi connectivity index (χ4v) is 3.55. The molecule has 2 N–H and O–H groups in total. The molecule has 1 aromatic carbocycles. The third kappa shape index (κ3) is 4.67. The maximum absolute atomic E-state index is 12.5. The van der Waals surface area contributed by atoms with Crippen LogP contribution in [0.5, 0.6) is 0 Å². The SMILES string of the molecule is CCCCc1ccc(N2CC(C(=O)NCCc3n[nH]c(=S)n3C)CC2=O)cc1. The van der Waals surface area contributed by atoms with Crippen molar-refractivity contribution in [3.05, 3.63) is 40.4 Å². The largest absolute Gasteiger partial charge is 0.355 e. The first-order chi connectivity index (χ1) is 13.5. The lowest BCUT2D eigenvalue weighted by Gasteiger charge is -2.17. The molecule has 2 amide bonds. The number of benzene rings is 1. The smallest absolute Gasteiger partial charge is 0.227 e. The number of hydrogen-bond donors (Lipinski definition) is 2. The van der Waals surface area contributed by atoms with E-state index >= 15 is 0 Å². The maximum atomic E-state index is 12.5. The van der Waals surface area contributed by atoms with Crippen molar-refractivity contribution < 1.29 is 9.59 Å². The zero-order valence-electron chi connectivity index (χ0n) is 16.4. The monoisotopic (exact) mass is 401 g/mol. The van der Waals surface area contributed by atoms with Gasteiger partial charge in [0.05, 0.1) is 5.92 Å². The molecule has 0 saturated carbocycles. The standard InChI is InChI=1S/C20H27N5O2S/c1-3-4-5-14-6-8-16(9-7-14)25-13-15(12-18(25)26)19(27)21-11-10-17-22-23-20(28)24(17)2/h6-9,15H,3-5,10-13H2,1-2H3,(H,21,27)(H,23,28). The van der Waals surface area contributed by atoms with Crippen molar-refractivity contribution >= 4 is 29.7 Å². The summed E-state index contributed by atoms with van der Waals surface area (Å²) in [4.78, 5) is 26.6. The minimum Gasteiger partial charge on any atom is -0.355 e. The first kappa shape index (κ1) is 20.3. The van der Waals surface area contributed by atoms with E-state index in [-0.39, 0.29) is 24.2 Å². The van der Waals surface area contributed by atoms with Gasteiger partial charge in [-0.2, -0.15) is 5.10 Å². The summed E-state index contributed by atoms with van der Waals surface area (Å²) in [5, 5.41) is 9.77. The van der Waals surface area contributed by atoms with Crippen molar-refractivity contribution in [3.8, 4) is 0 Å². The van der Waals surface area contributed by atoms with Gasteiger partial charge in [-0.15, -0.1) is 0 Å². The Balaban J connectivity index is 1.52. The summed E-state index contributed by atoms with van der Waals surface area (Å²) in [5.74, 6) is 0.371. The molecule has 1 aromatic heterocycles. The number of anilines is 1. The van der Waals surface area contributed by atoms with Gasteiger partial charge in [0.2, 0.25) is 11.8 Å². The number of nitrogens with zero attached hydrogens (tertiary/aromatic N) is 3. The van der Waals surface area contributed by atoms with E-state index in [0.717, 1.165) is 30.8 Å². The van der Waals surface area contributed by atoms with Gasteiger partial charge in [0.15, 0.2) is 4.77 Å². The number of aryl methyl sites for hydroxylation is 1. The molecule has 1 atom stereocenters. The molecule has 0 spiro atoms. The molecule has 2 aromatic rings. The molecule has 1 fully saturated rings. The molecule has 7 nitrogen and oxygen atoms in total. The van der Waals surface area contributed by atoms with Crippen LogP contribution in [0.4, 0.5) is 5.69 Å². The number of aromatic amines is 1. The van der Waals surface area contributed by atoms with Crippen LogP contribution in [-0.4, -0.2) is 39.7 Å². The number of rotatable bonds is 8. The average molecular weight is 402 g/mol. The summed E-state index contributed by atoms with van der Waals surface area (Å²) in [6, 6.07) is 8.10. The average Bonchev–Trinajstić information content (AvgIpc) is 3.24. The molecular weight excluding hydrogens is 374 g/mol. The zero-order chi connectivity index (χ0) is 20.1. The molecule has 1 aliphatic heterocycles. The summed E-state index contributed by atoms with van der Waals surface area (Å²) in [5.41, 5.74) is 2.14. The molecule has 1 unspecified atom stereocenters. The van der Waals surface area contributed by atoms with Crippen LogP contribution >= 0.6 is 12.2 Å². The lowest BCUT2D eigenvalue weighted by Crippen LogP contribution is -2.34. The highest BCUT2D eigenvalue weighted by atomic mass is 32.1. The van der Waals surface area contributed by atoms with Gasteiger partial charge in [0, 0.05) is 38.7 Å². The molecule has 0 radical (unpaired) electrons. The van der Waals surface area contributed by atoms with Crippen LogP contribution in [0.25, 0.3) is 0 Å². The summed E-state index contributed by atoms with van der Waals surface area (Å²) in [6.45, 7) is 3.06. The van der Waals surface area contributed by atoms with Crippen LogP contribution in [0.15, 0.2) is 24.3 Å². The normalized spacial score (nSPS) is 16.6. The Morgan fingerprint density at radius 2 is 2.07 bits per heavy atom. The molecule has 8 heteroatoms. The van der Waals surface area contributed by atoms with E-state index in [0.29, 0.717) is 24.3 Å². The van der Waals surface area contributed by atoms with Crippen LogP contribution in [0.2, 0.25) is 0 Å². The Bertz CT molecular complexity index is 887. The lowest BCUT2D eigenvalue weighted by molar-refractivity contribution is -0.126. The number of carbonyl (C=O) groups is 2. The van der Waals surface area contributed by atoms with Crippen molar-refractivity contribution in [2.45, 2.75) is 39.0 Å². The Morgan fingerprint density at radius 3 is 2.71 bits per heavy atom. The Morgan fingerprint density at radius 1 is 1.32 bits per heavy atom. The number of hydrogen-bond acceptors (Lipinski definition) is 4. The second-order valence-electron chi connectivity index (χ2n) is 7.22. The Kier molecular flexibility index (Phi) is 6.61. The van der Waals surface area contributed by atoms with Gasteiger partial charge in [0.1, 0.15) is 5.82 Å². The summed E-state index contributed by atoms with van der Waals surface area (Å²) in [7, 11) is 1.84. The quantitative estimate of drug-likeness (QED) is 0.666. The second-order valence-corrected chi connectivity index (χ2v) is 7.61. The molecule has 1 aliphatic rings. The van der Waals surface area contributed by atoms with E-state index in [2.05, 4.69) is 34.6 Å². The summed E-state index contributed by atoms with van der Waals surface area (Å²) >= 11 is 5.08. The van der Waals surface area contributed by atoms with Crippen LogP contribution in [0, 0.1) is 10.7 Å². The number of amides is 2. The van der Waals surface area contributed by atoms with Crippen molar-refractivity contribution in [1.82, 2.24) is 20.1 Å². The van der Waals surface area contributed by atoms with Crippen LogP contribution in [-0.2, 0) is 29.5 Å². The van der Waals surface area contributed by atoms with Gasteiger partial charge >= 0.3 is 0 Å². The highest BCUT2D eigenvalue weighted by Gasteiger charge is 2.34. The molecule has 28 heavy (non-hydrogen) atoms. The van der Waals surface area contributed by atoms with E-state index in [4.69, 9.17) is 12.2 Å². The van der Waals surface area contributed by atoms with Crippen LogP contribution < -0.4 is 10.2 Å². The first-order valence-corrected chi connectivity index (χ1v) is 10.2. The zero-order valence-corrected chi connectivity index (χ0v) is 17.2. The van der Waals surface area contributed by atoms with Gasteiger partial charge in [-0.05, 0) is 42.8 Å². The van der Waals surface area contributed by atoms with Crippen molar-refractivity contribution in [2.24, 2.45) is 13.0 Å². The first-order valence-electron chi connectivity index (χ1n) is 9.77. The summed E-state index contributed by atoms with van der Waals surface area (Å²) in [6.07, 6.45) is 4.20. The summed E-state index contributed by atoms with van der Waals surface area (Å²) < 4.78 is 2.34. The Hall–Kier alpha value is -2.48. The predicted octanol–water partition coefficient (Wildman–Crippen LogP) is 2.53. The third-order valence-corrected chi connectivity index (χ3v) is 5.55. The number of nitrogens with one attached hydrogen (secondary N) is 2. The maximum Gasteiger partial charge on any atom is 0.227 e. The van der Waals surface area contributed by atoms with Gasteiger partial charge < -0.3 is 14.8 Å². The highest BCUT2D eigenvalue weighted by molar-refractivity contribution is 7.71. The number of carbonyl (C=O) groups excluding carboxylic acids is 2. The van der Waals surface area contributed by atoms with Gasteiger partial charge in [-0.1, -0.05) is 25.5 Å².